The van der Waals surface area contributed by atoms with Crippen LogP contribution < -0.4 is 0 Å². The number of hydrogen-bond acceptors (Lipinski definition) is 3. The molecule has 120 valence electrons. The fraction of sp³-hybridized carbons (Fsp3) is 0.867. The van der Waals surface area contributed by atoms with Crippen molar-refractivity contribution in [2.75, 3.05) is 39.8 Å². The normalized spacial score (nSPS) is 28.3. The van der Waals surface area contributed by atoms with E-state index in [1.54, 1.807) is 4.90 Å². The number of urea groups is 1. The minimum absolute atomic E-state index is 0.0306. The van der Waals surface area contributed by atoms with Crippen LogP contribution in [0.4, 0.5) is 4.79 Å². The average Bonchev–Trinajstić information content (AvgIpc) is 2.67. The first-order valence-electron chi connectivity index (χ1n) is 7.99. The molecule has 0 aliphatic carbocycles. The van der Waals surface area contributed by atoms with Crippen molar-refractivity contribution in [1.82, 2.24) is 14.7 Å². The summed E-state index contributed by atoms with van der Waals surface area (Å²) in [7, 11) is 2.10. The molecule has 6 heteroatoms. The van der Waals surface area contributed by atoms with Gasteiger partial charge < -0.3 is 19.8 Å². The summed E-state index contributed by atoms with van der Waals surface area (Å²) in [4.78, 5) is 29.9. The molecule has 21 heavy (non-hydrogen) atoms. The molecule has 2 heterocycles. The number of likely N-dealkylation sites (tertiary alicyclic amines) is 1. The van der Waals surface area contributed by atoms with Gasteiger partial charge in [-0.3, -0.25) is 4.79 Å². The highest BCUT2D eigenvalue weighted by molar-refractivity contribution is 5.77. The number of aliphatic carboxylic acids is 1. The molecule has 2 amide bonds. The Bertz CT molecular complexity index is 388. The van der Waals surface area contributed by atoms with Gasteiger partial charge in [0.25, 0.3) is 0 Å². The Balaban J connectivity index is 2.04. The van der Waals surface area contributed by atoms with Crippen LogP contribution in [0.2, 0.25) is 0 Å². The number of nitrogens with zero attached hydrogens (tertiary/aromatic N) is 3. The quantitative estimate of drug-likeness (QED) is 0.835. The summed E-state index contributed by atoms with van der Waals surface area (Å²) in [6, 6.07) is 0.262. The number of likely N-dealkylation sites (N-methyl/N-ethyl adjacent to an activating group) is 1. The average molecular weight is 297 g/mol. The molecular formula is C15H27N3O3. The second-order valence-electron chi connectivity index (χ2n) is 6.28. The summed E-state index contributed by atoms with van der Waals surface area (Å²) in [5, 5.41) is 9.17. The van der Waals surface area contributed by atoms with Gasteiger partial charge in [-0.1, -0.05) is 6.92 Å². The molecule has 2 rings (SSSR count). The molecule has 0 saturated carbocycles. The summed E-state index contributed by atoms with van der Waals surface area (Å²) in [5.74, 6) is -1.19. The summed E-state index contributed by atoms with van der Waals surface area (Å²) < 4.78 is 0. The second-order valence-corrected chi connectivity index (χ2v) is 6.28. The zero-order valence-electron chi connectivity index (χ0n) is 13.1. The van der Waals surface area contributed by atoms with E-state index in [0.29, 0.717) is 19.5 Å². The molecular weight excluding hydrogens is 270 g/mol. The standard InChI is InChI=1S/C15H27N3O3/c1-3-13-11-16(2)7-5-9-18(13)15(21)17-8-4-6-12(10-17)14(19)20/h12-13H,3-11H2,1-2H3,(H,19,20). The fourth-order valence-electron chi connectivity index (χ4n) is 3.38. The minimum atomic E-state index is -0.782. The monoisotopic (exact) mass is 297 g/mol. The predicted octanol–water partition coefficient (Wildman–Crippen LogP) is 1.32. The van der Waals surface area contributed by atoms with Crippen LogP contribution in [0.5, 0.6) is 0 Å². The van der Waals surface area contributed by atoms with Crippen LogP contribution in [0.1, 0.15) is 32.6 Å². The number of rotatable bonds is 2. The van der Waals surface area contributed by atoms with Crippen molar-refractivity contribution in [3.05, 3.63) is 0 Å². The molecule has 1 N–H and O–H groups in total. The maximum Gasteiger partial charge on any atom is 0.320 e. The SMILES string of the molecule is CCC1CN(C)CCCN1C(=O)N1CCCC(C(=O)O)C1. The maximum absolute atomic E-state index is 12.8. The van der Waals surface area contributed by atoms with Crippen molar-refractivity contribution in [3.63, 3.8) is 0 Å². The Morgan fingerprint density at radius 3 is 2.57 bits per heavy atom. The van der Waals surface area contributed by atoms with Gasteiger partial charge in [0.2, 0.25) is 0 Å². The number of hydrogen-bond donors (Lipinski definition) is 1. The first-order valence-corrected chi connectivity index (χ1v) is 7.99. The molecule has 0 aromatic carbocycles. The third kappa shape index (κ3) is 3.87. The zero-order chi connectivity index (χ0) is 15.4. The Labute approximate surface area is 126 Å². The van der Waals surface area contributed by atoms with Crippen LogP contribution in [-0.4, -0.2) is 77.6 Å². The highest BCUT2D eigenvalue weighted by atomic mass is 16.4. The molecule has 0 aromatic heterocycles. The number of carbonyl (C=O) groups is 2. The van der Waals surface area contributed by atoms with Crippen LogP contribution in [0, 0.1) is 5.92 Å². The Morgan fingerprint density at radius 1 is 1.14 bits per heavy atom. The van der Waals surface area contributed by atoms with Crippen molar-refractivity contribution in [2.24, 2.45) is 5.92 Å². The summed E-state index contributed by atoms with van der Waals surface area (Å²) in [6.45, 7) is 5.84. The van der Waals surface area contributed by atoms with Crippen molar-refractivity contribution < 1.29 is 14.7 Å². The lowest BCUT2D eigenvalue weighted by atomic mass is 9.98. The van der Waals surface area contributed by atoms with Gasteiger partial charge in [-0.15, -0.1) is 0 Å². The molecule has 2 saturated heterocycles. The van der Waals surface area contributed by atoms with Crippen LogP contribution in [0.15, 0.2) is 0 Å². The minimum Gasteiger partial charge on any atom is -0.481 e. The van der Waals surface area contributed by atoms with Crippen LogP contribution in [-0.2, 0) is 4.79 Å². The number of piperidine rings is 1. The van der Waals surface area contributed by atoms with E-state index >= 15 is 0 Å². The van der Waals surface area contributed by atoms with E-state index in [1.807, 2.05) is 4.90 Å². The van der Waals surface area contributed by atoms with Crippen molar-refractivity contribution in [2.45, 2.75) is 38.6 Å². The second kappa shape index (κ2) is 7.11. The lowest BCUT2D eigenvalue weighted by Gasteiger charge is -2.38. The van der Waals surface area contributed by atoms with E-state index in [9.17, 15) is 9.59 Å². The number of carboxylic acids is 1. The molecule has 2 unspecified atom stereocenters. The number of carbonyl (C=O) groups excluding carboxylic acids is 1. The van der Waals surface area contributed by atoms with Crippen LogP contribution in [0.25, 0.3) is 0 Å². The highest BCUT2D eigenvalue weighted by Gasteiger charge is 2.33. The van der Waals surface area contributed by atoms with Gasteiger partial charge in [-0.05, 0) is 39.3 Å². The van der Waals surface area contributed by atoms with Gasteiger partial charge in [-0.2, -0.15) is 0 Å². The number of amides is 2. The van der Waals surface area contributed by atoms with Crippen LogP contribution in [0.3, 0.4) is 0 Å². The lowest BCUT2D eigenvalue weighted by molar-refractivity contribution is -0.143. The van der Waals surface area contributed by atoms with Crippen LogP contribution >= 0.6 is 0 Å². The van der Waals surface area contributed by atoms with E-state index in [2.05, 4.69) is 18.9 Å². The number of carboxylic acid groups (broad SMARTS) is 1. The Hall–Kier alpha value is -1.30. The largest absolute Gasteiger partial charge is 0.481 e. The molecule has 0 aromatic rings. The van der Waals surface area contributed by atoms with Gasteiger partial charge in [0.15, 0.2) is 0 Å². The van der Waals surface area contributed by atoms with E-state index in [-0.39, 0.29) is 12.1 Å². The summed E-state index contributed by atoms with van der Waals surface area (Å²) in [6.07, 6.45) is 3.38. The smallest absolute Gasteiger partial charge is 0.320 e. The summed E-state index contributed by atoms with van der Waals surface area (Å²) in [5.41, 5.74) is 0. The Morgan fingerprint density at radius 2 is 1.90 bits per heavy atom. The first kappa shape index (κ1) is 16.1. The Kier molecular flexibility index (Phi) is 5.45. The summed E-state index contributed by atoms with van der Waals surface area (Å²) >= 11 is 0. The molecule has 2 fully saturated rings. The van der Waals surface area contributed by atoms with E-state index < -0.39 is 11.9 Å². The van der Waals surface area contributed by atoms with Gasteiger partial charge >= 0.3 is 12.0 Å². The first-order chi connectivity index (χ1) is 10.0. The van der Waals surface area contributed by atoms with Crippen molar-refractivity contribution >= 4 is 12.0 Å². The van der Waals surface area contributed by atoms with Crippen molar-refractivity contribution in [3.8, 4) is 0 Å². The molecule has 2 aliphatic heterocycles. The van der Waals surface area contributed by atoms with Gasteiger partial charge in [0, 0.05) is 32.2 Å². The third-order valence-electron chi connectivity index (χ3n) is 4.66. The topological polar surface area (TPSA) is 64.1 Å². The molecule has 0 radical (unpaired) electrons. The molecule has 6 nitrogen and oxygen atoms in total. The zero-order valence-corrected chi connectivity index (χ0v) is 13.1. The van der Waals surface area contributed by atoms with E-state index in [0.717, 1.165) is 38.9 Å². The van der Waals surface area contributed by atoms with Crippen molar-refractivity contribution in [1.29, 1.82) is 0 Å². The predicted molar refractivity (Wildman–Crippen MR) is 80.2 cm³/mol. The third-order valence-corrected chi connectivity index (χ3v) is 4.66. The molecule has 0 bridgehead atoms. The fourth-order valence-corrected chi connectivity index (χ4v) is 3.38. The lowest BCUT2D eigenvalue weighted by Crippen LogP contribution is -2.53. The molecule has 0 spiro atoms. The molecule has 2 atom stereocenters. The van der Waals surface area contributed by atoms with Gasteiger partial charge in [0.05, 0.1) is 5.92 Å². The van der Waals surface area contributed by atoms with E-state index in [1.165, 1.54) is 0 Å². The van der Waals surface area contributed by atoms with Gasteiger partial charge in [-0.25, -0.2) is 4.79 Å². The van der Waals surface area contributed by atoms with Gasteiger partial charge in [0.1, 0.15) is 0 Å². The highest BCUT2D eigenvalue weighted by Crippen LogP contribution is 2.21. The maximum atomic E-state index is 12.8. The van der Waals surface area contributed by atoms with E-state index in [4.69, 9.17) is 5.11 Å². The molecule has 2 aliphatic rings.